The van der Waals surface area contributed by atoms with Crippen molar-refractivity contribution in [2.45, 2.75) is 38.3 Å². The lowest BCUT2D eigenvalue weighted by atomic mass is 9.91. The second-order valence-corrected chi connectivity index (χ2v) is 5.82. The highest BCUT2D eigenvalue weighted by Crippen LogP contribution is 2.25. The molecule has 2 N–H and O–H groups in total. The first-order valence-electron chi connectivity index (χ1n) is 5.05. The van der Waals surface area contributed by atoms with Crippen LogP contribution in [0.5, 0.6) is 0 Å². The summed E-state index contributed by atoms with van der Waals surface area (Å²) in [5.41, 5.74) is 5.96. The van der Waals surface area contributed by atoms with Crippen LogP contribution in [0.25, 0.3) is 0 Å². The second kappa shape index (κ2) is 5.43. The number of hydrogen-bond acceptors (Lipinski definition) is 3. The van der Waals surface area contributed by atoms with Gasteiger partial charge in [-0.3, -0.25) is 0 Å². The molecule has 15 heavy (non-hydrogen) atoms. The number of hydrogen-bond donors (Lipinski definition) is 1. The van der Waals surface area contributed by atoms with Crippen LogP contribution in [-0.2, 0) is 11.2 Å². The molecule has 0 aromatic carbocycles. The molecule has 0 aliphatic rings. The highest BCUT2D eigenvalue weighted by atomic mass is 79.9. The molecule has 0 bridgehead atoms. The Kier molecular flexibility index (Phi) is 4.77. The minimum absolute atomic E-state index is 0.0399. The van der Waals surface area contributed by atoms with Crippen molar-refractivity contribution in [1.29, 1.82) is 0 Å². The minimum Gasteiger partial charge on any atom is -0.377 e. The summed E-state index contributed by atoms with van der Waals surface area (Å²) in [5.74, 6) is 0. The van der Waals surface area contributed by atoms with E-state index in [1.807, 2.05) is 0 Å². The molecule has 2 atom stereocenters. The standard InChI is InChI=1S/C11H18BrNOS/c1-4-11(2,14-3)10(13)6-9-5-8(12)7-15-9/h5,7,10H,4,6,13H2,1-3H3. The van der Waals surface area contributed by atoms with Crippen LogP contribution in [0, 0.1) is 0 Å². The summed E-state index contributed by atoms with van der Waals surface area (Å²) < 4.78 is 6.63. The van der Waals surface area contributed by atoms with Gasteiger partial charge in [0.1, 0.15) is 0 Å². The highest BCUT2D eigenvalue weighted by Gasteiger charge is 2.29. The van der Waals surface area contributed by atoms with Gasteiger partial charge >= 0.3 is 0 Å². The maximum atomic E-state index is 6.18. The zero-order chi connectivity index (χ0) is 11.5. The van der Waals surface area contributed by atoms with Crippen LogP contribution in [0.15, 0.2) is 15.9 Å². The third kappa shape index (κ3) is 3.28. The number of thiophene rings is 1. The molecule has 1 aromatic rings. The Morgan fingerprint density at radius 2 is 2.33 bits per heavy atom. The fourth-order valence-electron chi connectivity index (χ4n) is 1.45. The molecule has 1 aromatic heterocycles. The van der Waals surface area contributed by atoms with Crippen LogP contribution in [0.4, 0.5) is 0 Å². The van der Waals surface area contributed by atoms with Gasteiger partial charge in [-0.25, -0.2) is 0 Å². The lowest BCUT2D eigenvalue weighted by molar-refractivity contribution is -0.0182. The van der Waals surface area contributed by atoms with Crippen molar-refractivity contribution in [3.05, 3.63) is 20.8 Å². The first-order chi connectivity index (χ1) is 7.01. The van der Waals surface area contributed by atoms with Gasteiger partial charge in [0.2, 0.25) is 0 Å². The number of halogens is 1. The maximum Gasteiger partial charge on any atom is 0.0801 e. The van der Waals surface area contributed by atoms with Gasteiger partial charge in [0.05, 0.1) is 5.60 Å². The first-order valence-corrected chi connectivity index (χ1v) is 6.72. The summed E-state index contributed by atoms with van der Waals surface area (Å²) in [6.07, 6.45) is 1.80. The minimum atomic E-state index is -0.226. The largest absolute Gasteiger partial charge is 0.377 e. The van der Waals surface area contributed by atoms with Gasteiger partial charge in [-0.05, 0) is 41.8 Å². The van der Waals surface area contributed by atoms with E-state index in [2.05, 4.69) is 41.2 Å². The highest BCUT2D eigenvalue weighted by molar-refractivity contribution is 9.10. The SMILES string of the molecule is CCC(C)(OC)C(N)Cc1cc(Br)cs1. The Bertz CT molecular complexity index is 309. The van der Waals surface area contributed by atoms with Crippen molar-refractivity contribution in [2.24, 2.45) is 5.73 Å². The Hall–Kier alpha value is 0.1000. The molecule has 0 spiro atoms. The number of methoxy groups -OCH3 is 1. The van der Waals surface area contributed by atoms with Crippen molar-refractivity contribution in [3.8, 4) is 0 Å². The average molecular weight is 292 g/mol. The molecule has 0 amide bonds. The molecule has 0 aliphatic heterocycles. The summed E-state index contributed by atoms with van der Waals surface area (Å²) in [6.45, 7) is 4.17. The number of ether oxygens (including phenoxy) is 1. The van der Waals surface area contributed by atoms with Crippen molar-refractivity contribution in [3.63, 3.8) is 0 Å². The van der Waals surface area contributed by atoms with E-state index in [0.29, 0.717) is 0 Å². The normalized spacial score (nSPS) is 17.4. The van der Waals surface area contributed by atoms with Gasteiger partial charge in [-0.1, -0.05) is 6.92 Å². The fraction of sp³-hybridized carbons (Fsp3) is 0.636. The molecule has 0 radical (unpaired) electrons. The summed E-state index contributed by atoms with van der Waals surface area (Å²) in [5, 5.41) is 2.08. The molecule has 86 valence electrons. The van der Waals surface area contributed by atoms with E-state index in [1.165, 1.54) is 4.88 Å². The molecule has 4 heteroatoms. The summed E-state index contributed by atoms with van der Waals surface area (Å²) in [4.78, 5) is 1.30. The molecular formula is C11H18BrNOS. The van der Waals surface area contributed by atoms with E-state index in [1.54, 1.807) is 18.4 Å². The van der Waals surface area contributed by atoms with E-state index in [4.69, 9.17) is 10.5 Å². The van der Waals surface area contributed by atoms with Crippen LogP contribution >= 0.6 is 27.3 Å². The third-order valence-electron chi connectivity index (χ3n) is 3.00. The predicted molar refractivity (Wildman–Crippen MR) is 69.4 cm³/mol. The summed E-state index contributed by atoms with van der Waals surface area (Å²) in [6, 6.07) is 2.16. The lowest BCUT2D eigenvalue weighted by Crippen LogP contribution is -2.47. The van der Waals surface area contributed by atoms with Gasteiger partial charge in [0, 0.05) is 27.9 Å². The van der Waals surface area contributed by atoms with Crippen molar-refractivity contribution in [2.75, 3.05) is 7.11 Å². The van der Waals surface area contributed by atoms with Gasteiger partial charge in [-0.2, -0.15) is 0 Å². The van der Waals surface area contributed by atoms with E-state index in [9.17, 15) is 0 Å². The molecule has 0 saturated carbocycles. The molecule has 2 nitrogen and oxygen atoms in total. The lowest BCUT2D eigenvalue weighted by Gasteiger charge is -2.33. The second-order valence-electron chi connectivity index (χ2n) is 3.91. The third-order valence-corrected chi connectivity index (χ3v) is 4.72. The molecule has 1 heterocycles. The monoisotopic (exact) mass is 291 g/mol. The molecule has 1 rings (SSSR count). The molecule has 2 unspecified atom stereocenters. The molecular weight excluding hydrogens is 274 g/mol. The van der Waals surface area contributed by atoms with Crippen LogP contribution in [0.3, 0.4) is 0 Å². The molecule has 0 aliphatic carbocycles. The molecule has 0 fully saturated rings. The van der Waals surface area contributed by atoms with E-state index < -0.39 is 0 Å². The Labute approximate surface area is 104 Å². The zero-order valence-corrected chi connectivity index (χ0v) is 11.8. The zero-order valence-electron chi connectivity index (χ0n) is 9.42. The van der Waals surface area contributed by atoms with Crippen LogP contribution < -0.4 is 5.73 Å². The van der Waals surface area contributed by atoms with E-state index in [-0.39, 0.29) is 11.6 Å². The fourth-order valence-corrected chi connectivity index (χ4v) is 2.96. The Balaban J connectivity index is 2.65. The van der Waals surface area contributed by atoms with Gasteiger partial charge in [0.25, 0.3) is 0 Å². The Morgan fingerprint density at radius 3 is 2.73 bits per heavy atom. The van der Waals surface area contributed by atoms with Gasteiger partial charge in [0.15, 0.2) is 0 Å². The van der Waals surface area contributed by atoms with Crippen LogP contribution in [0.2, 0.25) is 0 Å². The van der Waals surface area contributed by atoms with E-state index in [0.717, 1.165) is 17.3 Å². The summed E-state index contributed by atoms with van der Waals surface area (Å²) in [7, 11) is 1.73. The van der Waals surface area contributed by atoms with Crippen LogP contribution in [-0.4, -0.2) is 18.8 Å². The van der Waals surface area contributed by atoms with Crippen molar-refractivity contribution < 1.29 is 4.74 Å². The van der Waals surface area contributed by atoms with Gasteiger partial charge in [-0.15, -0.1) is 11.3 Å². The Morgan fingerprint density at radius 1 is 1.67 bits per heavy atom. The first kappa shape index (κ1) is 13.2. The molecule has 0 saturated heterocycles. The maximum absolute atomic E-state index is 6.18. The predicted octanol–water partition coefficient (Wildman–Crippen LogP) is 3.20. The number of nitrogens with two attached hydrogens (primary N) is 1. The van der Waals surface area contributed by atoms with Gasteiger partial charge < -0.3 is 10.5 Å². The summed E-state index contributed by atoms with van der Waals surface area (Å²) >= 11 is 5.18. The van der Waals surface area contributed by atoms with Crippen molar-refractivity contribution >= 4 is 27.3 Å². The number of rotatable bonds is 5. The quantitative estimate of drug-likeness (QED) is 0.904. The smallest absolute Gasteiger partial charge is 0.0801 e. The topological polar surface area (TPSA) is 35.2 Å². The average Bonchev–Trinajstić information content (AvgIpc) is 2.62. The van der Waals surface area contributed by atoms with E-state index >= 15 is 0 Å². The van der Waals surface area contributed by atoms with Crippen LogP contribution in [0.1, 0.15) is 25.1 Å². The van der Waals surface area contributed by atoms with Crippen molar-refractivity contribution in [1.82, 2.24) is 0 Å².